The molecule has 1 saturated heterocycles. The summed E-state index contributed by atoms with van der Waals surface area (Å²) < 4.78 is 6.12. The maximum atomic E-state index is 14.7. The Balaban J connectivity index is 1.61. The minimum atomic E-state index is -2.96. The van der Waals surface area contributed by atoms with Gasteiger partial charge in [0.2, 0.25) is 5.91 Å². The number of aromatic nitrogens is 1. The fourth-order valence-electron chi connectivity index (χ4n) is 5.74. The van der Waals surface area contributed by atoms with E-state index >= 15 is 0 Å². The molecule has 1 aliphatic heterocycles. The van der Waals surface area contributed by atoms with Crippen LogP contribution in [0.5, 0.6) is 0 Å². The van der Waals surface area contributed by atoms with E-state index in [0.29, 0.717) is 22.4 Å². The molecule has 44 heavy (non-hydrogen) atoms. The number of benzene rings is 4. The number of likely N-dealkylation sites (tertiary alicyclic amines) is 1. The third-order valence-electron chi connectivity index (χ3n) is 7.79. The van der Waals surface area contributed by atoms with Gasteiger partial charge >= 0.3 is 5.97 Å². The Labute approximate surface area is 263 Å². The molecule has 1 fully saturated rings. The van der Waals surface area contributed by atoms with Crippen LogP contribution in [0, 0.1) is 0 Å². The van der Waals surface area contributed by atoms with Gasteiger partial charge in [-0.3, -0.25) is 9.78 Å². The molecule has 1 aromatic heterocycles. The van der Waals surface area contributed by atoms with Crippen LogP contribution < -0.4 is 15.9 Å². The zero-order chi connectivity index (χ0) is 30.4. The first-order chi connectivity index (χ1) is 21.6. The van der Waals surface area contributed by atoms with E-state index in [2.05, 4.69) is 41.4 Å². The van der Waals surface area contributed by atoms with Crippen molar-refractivity contribution in [3.63, 3.8) is 0 Å². The highest BCUT2D eigenvalue weighted by atomic mass is 32.1. The van der Waals surface area contributed by atoms with Crippen LogP contribution >= 0.6 is 19.1 Å². The molecule has 0 bridgehead atoms. The molecule has 1 amide bonds. The summed E-state index contributed by atoms with van der Waals surface area (Å²) in [7, 11) is 0. The van der Waals surface area contributed by atoms with Crippen LogP contribution in [-0.2, 0) is 20.9 Å². The number of β-lactam (4-membered cyclic amide) rings is 1. The van der Waals surface area contributed by atoms with Crippen LogP contribution in [0.15, 0.2) is 146 Å². The molecule has 0 N–H and O–H groups in total. The van der Waals surface area contributed by atoms with Crippen molar-refractivity contribution >= 4 is 57.2 Å². The molecular formula is C37H31N2O3PS. The third kappa shape index (κ3) is 5.79. The second-order valence-corrected chi connectivity index (χ2v) is 14.3. The second-order valence-electron chi connectivity index (χ2n) is 10.5. The van der Waals surface area contributed by atoms with Gasteiger partial charge in [-0.2, -0.15) is 0 Å². The summed E-state index contributed by atoms with van der Waals surface area (Å²) in [5.74, 6) is -0.641. The summed E-state index contributed by atoms with van der Waals surface area (Å²) in [6.07, 6.45) is 2.40. The van der Waals surface area contributed by atoms with Gasteiger partial charge in [-0.1, -0.05) is 140 Å². The Bertz CT molecular complexity index is 1710. The zero-order valence-corrected chi connectivity index (χ0v) is 25.7. The highest BCUT2D eigenvalue weighted by Gasteiger charge is 2.47. The topological polar surface area (TPSA) is 59.5 Å². The molecule has 7 heteroatoms. The lowest BCUT2D eigenvalue weighted by molar-refractivity contribution is -0.144. The summed E-state index contributed by atoms with van der Waals surface area (Å²) in [5, 5.41) is 2.86. The molecular weight excluding hydrogens is 583 g/mol. The van der Waals surface area contributed by atoms with Crippen molar-refractivity contribution in [1.82, 2.24) is 9.88 Å². The van der Waals surface area contributed by atoms with Gasteiger partial charge in [0.15, 0.2) is 0 Å². The maximum Gasteiger partial charge on any atom is 0.356 e. The smallest absolute Gasteiger partial charge is 0.356 e. The first-order valence-corrected chi connectivity index (χ1v) is 16.7. The van der Waals surface area contributed by atoms with Crippen LogP contribution in [0.4, 0.5) is 0 Å². The van der Waals surface area contributed by atoms with Crippen molar-refractivity contribution in [3.05, 3.63) is 157 Å². The first kappa shape index (κ1) is 29.4. The van der Waals surface area contributed by atoms with E-state index in [4.69, 9.17) is 17.0 Å². The van der Waals surface area contributed by atoms with Crippen molar-refractivity contribution in [2.24, 2.45) is 0 Å². The number of esters is 1. The van der Waals surface area contributed by atoms with Crippen LogP contribution in [0.25, 0.3) is 0 Å². The average molecular weight is 615 g/mol. The second kappa shape index (κ2) is 13.3. The van der Waals surface area contributed by atoms with Crippen molar-refractivity contribution < 1.29 is 14.3 Å². The predicted octanol–water partition coefficient (Wildman–Crippen LogP) is 5.66. The maximum absolute atomic E-state index is 14.7. The van der Waals surface area contributed by atoms with Crippen LogP contribution in [0.1, 0.15) is 24.1 Å². The third-order valence-corrected chi connectivity index (χ3v) is 12.4. The minimum absolute atomic E-state index is 0.0839. The number of thiocarbonyl (C=S) groups is 1. The molecule has 0 radical (unpaired) electrons. The van der Waals surface area contributed by atoms with E-state index in [-0.39, 0.29) is 25.0 Å². The Morgan fingerprint density at radius 3 is 1.73 bits per heavy atom. The van der Waals surface area contributed by atoms with Crippen LogP contribution in [0.2, 0.25) is 0 Å². The summed E-state index contributed by atoms with van der Waals surface area (Å²) in [6, 6.07) is 45.0. The largest absolute Gasteiger partial charge is 0.456 e. The number of carbonyl (C=O) groups is 2. The number of hydrogen-bond acceptors (Lipinski definition) is 5. The lowest BCUT2D eigenvalue weighted by Crippen LogP contribution is -2.60. The SMILES string of the molecule is O=C(OCc1ccccc1)C(N1C(=O)CC1CC(=S)c1ccccn1)=P(c1ccccc1)(c1ccccc1)c1ccccc1. The molecule has 0 aliphatic carbocycles. The Hall–Kier alpha value is -4.64. The van der Waals surface area contributed by atoms with Gasteiger partial charge in [0.25, 0.3) is 0 Å². The van der Waals surface area contributed by atoms with E-state index < -0.39 is 12.9 Å². The van der Waals surface area contributed by atoms with Gasteiger partial charge < -0.3 is 9.64 Å². The fourth-order valence-corrected chi connectivity index (χ4v) is 10.5. The van der Waals surface area contributed by atoms with Crippen molar-refractivity contribution in [2.45, 2.75) is 25.5 Å². The number of hydrogen-bond donors (Lipinski definition) is 0. The van der Waals surface area contributed by atoms with E-state index in [1.807, 2.05) is 103 Å². The number of amides is 1. The molecule has 2 heterocycles. The van der Waals surface area contributed by atoms with Crippen molar-refractivity contribution in [3.8, 4) is 0 Å². The number of nitrogens with zero attached hydrogens (tertiary/aromatic N) is 2. The van der Waals surface area contributed by atoms with E-state index in [0.717, 1.165) is 21.5 Å². The molecule has 218 valence electrons. The Morgan fingerprint density at radius 1 is 0.750 bits per heavy atom. The van der Waals surface area contributed by atoms with E-state index in [1.165, 1.54) is 0 Å². The molecule has 1 atom stereocenters. The minimum Gasteiger partial charge on any atom is -0.456 e. The number of ether oxygens (including phenoxy) is 1. The Morgan fingerprint density at radius 2 is 1.25 bits per heavy atom. The average Bonchev–Trinajstić information content (AvgIpc) is 3.09. The summed E-state index contributed by atoms with van der Waals surface area (Å²) in [6.45, 7) is -2.88. The van der Waals surface area contributed by atoms with Gasteiger partial charge in [0.1, 0.15) is 12.0 Å². The van der Waals surface area contributed by atoms with Crippen LogP contribution in [-0.4, -0.2) is 38.1 Å². The van der Waals surface area contributed by atoms with Gasteiger partial charge in [-0.15, -0.1) is 0 Å². The number of carbonyl (C=O) groups excluding carboxylic acids is 2. The molecule has 5 aromatic rings. The van der Waals surface area contributed by atoms with Gasteiger partial charge in [-0.05, 0) is 33.6 Å². The molecule has 1 aliphatic rings. The van der Waals surface area contributed by atoms with E-state index in [1.54, 1.807) is 11.1 Å². The number of rotatable bonds is 10. The first-order valence-electron chi connectivity index (χ1n) is 14.5. The normalized spacial score (nSPS) is 14.4. The molecule has 1 unspecified atom stereocenters. The highest BCUT2D eigenvalue weighted by Crippen LogP contribution is 2.49. The van der Waals surface area contributed by atoms with Gasteiger partial charge in [0.05, 0.1) is 11.7 Å². The monoisotopic (exact) mass is 614 g/mol. The fraction of sp³-hybridized carbons (Fsp3) is 0.108. The molecule has 6 rings (SSSR count). The lowest BCUT2D eigenvalue weighted by atomic mass is 9.96. The standard InChI is InChI=1S/C37H31N2O3PS/c40-35-26-29(25-34(44)33-23-13-14-24-38-33)39(35)36(37(41)42-27-28-15-5-1-6-16-28)43(30-17-7-2-8-18-30,31-19-9-3-10-20-31)32-21-11-4-12-22-32/h1-24,29H,25-27H2. The quantitative estimate of drug-likeness (QED) is 0.0669. The molecule has 4 aromatic carbocycles. The van der Waals surface area contributed by atoms with Gasteiger partial charge in [-0.25, -0.2) is 4.79 Å². The lowest BCUT2D eigenvalue weighted by Gasteiger charge is -2.45. The molecule has 0 saturated carbocycles. The summed E-state index contributed by atoms with van der Waals surface area (Å²) >= 11 is 5.81. The van der Waals surface area contributed by atoms with E-state index in [9.17, 15) is 9.59 Å². The summed E-state index contributed by atoms with van der Waals surface area (Å²) in [5.41, 5.74) is 1.93. The molecule has 5 nitrogen and oxygen atoms in total. The molecule has 0 spiro atoms. The highest BCUT2D eigenvalue weighted by molar-refractivity contribution is 7.96. The van der Waals surface area contributed by atoms with Crippen molar-refractivity contribution in [2.75, 3.05) is 0 Å². The summed E-state index contributed by atoms with van der Waals surface area (Å²) in [4.78, 5) is 35.2. The Kier molecular flexibility index (Phi) is 8.92. The predicted molar refractivity (Wildman–Crippen MR) is 182 cm³/mol. The number of pyridine rings is 1. The zero-order valence-electron chi connectivity index (χ0n) is 24.0. The van der Waals surface area contributed by atoms with Crippen molar-refractivity contribution in [1.29, 1.82) is 0 Å². The van der Waals surface area contributed by atoms with Gasteiger partial charge in [0, 0.05) is 30.8 Å². The van der Waals surface area contributed by atoms with Crippen LogP contribution in [0.3, 0.4) is 0 Å².